The summed E-state index contributed by atoms with van der Waals surface area (Å²) in [6, 6.07) is -3.20. The Kier molecular flexibility index (Phi) is 2.75. The zero-order valence-corrected chi connectivity index (χ0v) is 5.96. The highest BCUT2D eigenvalue weighted by molar-refractivity contribution is 4.77. The SMILES string of the molecule is O[CH]C(F)(F)N1CCOCC1. The zero-order chi connectivity index (χ0) is 8.32. The lowest BCUT2D eigenvalue weighted by atomic mass is 10.4. The second-order valence-corrected chi connectivity index (χ2v) is 2.32. The third-order valence-corrected chi connectivity index (χ3v) is 1.59. The summed E-state index contributed by atoms with van der Waals surface area (Å²) in [6.07, 6.45) is 0. The summed E-state index contributed by atoms with van der Waals surface area (Å²) in [5.41, 5.74) is 0. The summed E-state index contributed by atoms with van der Waals surface area (Å²) in [5.74, 6) is 0. The third-order valence-electron chi connectivity index (χ3n) is 1.59. The van der Waals surface area contributed by atoms with Crippen molar-refractivity contribution in [2.24, 2.45) is 0 Å². The molecule has 5 heteroatoms. The van der Waals surface area contributed by atoms with Crippen molar-refractivity contribution >= 4 is 0 Å². The lowest BCUT2D eigenvalue weighted by molar-refractivity contribution is -0.168. The molecular weight excluding hydrogens is 156 g/mol. The Hall–Kier alpha value is -0.260. The lowest BCUT2D eigenvalue weighted by Crippen LogP contribution is -2.48. The molecule has 1 rings (SSSR count). The van der Waals surface area contributed by atoms with E-state index < -0.39 is 6.05 Å². The van der Waals surface area contributed by atoms with Gasteiger partial charge in [-0.25, -0.2) is 4.90 Å². The van der Waals surface area contributed by atoms with E-state index in [1.165, 1.54) is 0 Å². The number of hydrogen-bond donors (Lipinski definition) is 1. The van der Waals surface area contributed by atoms with Crippen molar-refractivity contribution in [2.45, 2.75) is 6.05 Å². The number of alkyl halides is 2. The van der Waals surface area contributed by atoms with E-state index in [0.29, 0.717) is 13.2 Å². The summed E-state index contributed by atoms with van der Waals surface area (Å²) >= 11 is 0. The van der Waals surface area contributed by atoms with Gasteiger partial charge in [0.05, 0.1) is 13.2 Å². The van der Waals surface area contributed by atoms with Crippen LogP contribution in [0, 0.1) is 6.61 Å². The van der Waals surface area contributed by atoms with Gasteiger partial charge >= 0.3 is 6.05 Å². The van der Waals surface area contributed by atoms with E-state index in [-0.39, 0.29) is 19.7 Å². The van der Waals surface area contributed by atoms with E-state index in [1.54, 1.807) is 0 Å². The maximum atomic E-state index is 12.6. The molecule has 0 unspecified atom stereocenters. The van der Waals surface area contributed by atoms with E-state index >= 15 is 0 Å². The Morgan fingerprint density at radius 1 is 1.36 bits per heavy atom. The number of rotatable bonds is 2. The van der Waals surface area contributed by atoms with Gasteiger partial charge in [0.15, 0.2) is 6.61 Å². The van der Waals surface area contributed by atoms with Crippen LogP contribution in [0.4, 0.5) is 8.78 Å². The molecule has 0 spiro atoms. The minimum Gasteiger partial charge on any atom is -0.382 e. The van der Waals surface area contributed by atoms with Crippen molar-refractivity contribution in [1.82, 2.24) is 4.90 Å². The summed E-state index contributed by atoms with van der Waals surface area (Å²) < 4.78 is 30.1. The van der Waals surface area contributed by atoms with Gasteiger partial charge in [-0.3, -0.25) is 0 Å². The first kappa shape index (κ1) is 8.83. The first-order valence-electron chi connectivity index (χ1n) is 3.36. The van der Waals surface area contributed by atoms with Crippen molar-refractivity contribution in [3.8, 4) is 0 Å². The molecule has 11 heavy (non-hydrogen) atoms. The number of morpholine rings is 1. The molecule has 65 valence electrons. The predicted molar refractivity (Wildman–Crippen MR) is 33.6 cm³/mol. The lowest BCUT2D eigenvalue weighted by Gasteiger charge is -2.32. The fourth-order valence-corrected chi connectivity index (χ4v) is 0.943. The molecule has 0 saturated carbocycles. The van der Waals surface area contributed by atoms with Crippen molar-refractivity contribution < 1.29 is 18.6 Å². The number of nitrogens with zero attached hydrogens (tertiary/aromatic N) is 1. The number of aliphatic hydroxyl groups is 1. The number of halogens is 2. The molecule has 0 amide bonds. The van der Waals surface area contributed by atoms with Crippen molar-refractivity contribution in [3.63, 3.8) is 0 Å². The summed E-state index contributed by atoms with van der Waals surface area (Å²) in [7, 11) is 0. The van der Waals surface area contributed by atoms with Gasteiger partial charge in [-0.1, -0.05) is 0 Å². The molecule has 3 nitrogen and oxygen atoms in total. The van der Waals surface area contributed by atoms with Gasteiger partial charge in [-0.15, -0.1) is 0 Å². The summed E-state index contributed by atoms with van der Waals surface area (Å²) in [5, 5.41) is 8.19. The van der Waals surface area contributed by atoms with Crippen LogP contribution in [0.5, 0.6) is 0 Å². The Bertz CT molecular complexity index is 126. The maximum Gasteiger partial charge on any atom is 0.333 e. The Morgan fingerprint density at radius 2 is 1.91 bits per heavy atom. The molecule has 1 aliphatic heterocycles. The highest BCUT2D eigenvalue weighted by atomic mass is 19.3. The van der Waals surface area contributed by atoms with Gasteiger partial charge in [0, 0.05) is 13.1 Å². The third kappa shape index (κ3) is 2.08. The predicted octanol–water partition coefficient (Wildman–Crippen LogP) is 0.446. The smallest absolute Gasteiger partial charge is 0.333 e. The van der Waals surface area contributed by atoms with Gasteiger partial charge in [0.1, 0.15) is 0 Å². The quantitative estimate of drug-likeness (QED) is 0.604. The topological polar surface area (TPSA) is 32.7 Å². The van der Waals surface area contributed by atoms with E-state index in [4.69, 9.17) is 9.84 Å². The van der Waals surface area contributed by atoms with E-state index in [1.807, 2.05) is 0 Å². The van der Waals surface area contributed by atoms with E-state index in [2.05, 4.69) is 0 Å². The van der Waals surface area contributed by atoms with Gasteiger partial charge < -0.3 is 9.84 Å². The van der Waals surface area contributed by atoms with Gasteiger partial charge in [-0.2, -0.15) is 8.78 Å². The molecule has 1 fully saturated rings. The van der Waals surface area contributed by atoms with Crippen LogP contribution in [0.25, 0.3) is 0 Å². The first-order valence-corrected chi connectivity index (χ1v) is 3.36. The zero-order valence-electron chi connectivity index (χ0n) is 5.96. The maximum absolute atomic E-state index is 12.6. The van der Waals surface area contributed by atoms with Gasteiger partial charge in [0.25, 0.3) is 0 Å². The van der Waals surface area contributed by atoms with Crippen LogP contribution in [0.1, 0.15) is 0 Å². The molecule has 1 radical (unpaired) electrons. The number of aliphatic hydroxyl groups excluding tert-OH is 1. The minimum atomic E-state index is -3.20. The normalized spacial score (nSPS) is 22.1. The van der Waals surface area contributed by atoms with Gasteiger partial charge in [-0.05, 0) is 0 Å². The molecule has 0 aliphatic carbocycles. The van der Waals surface area contributed by atoms with Crippen LogP contribution < -0.4 is 0 Å². The number of hydrogen-bond acceptors (Lipinski definition) is 3. The second kappa shape index (κ2) is 3.42. The highest BCUT2D eigenvalue weighted by Gasteiger charge is 2.37. The fraction of sp³-hybridized carbons (Fsp3) is 0.833. The average Bonchev–Trinajstić information content (AvgIpc) is 2.06. The van der Waals surface area contributed by atoms with Gasteiger partial charge in [0.2, 0.25) is 0 Å². The molecular formula is C6H10F2NO2. The van der Waals surface area contributed by atoms with Crippen LogP contribution in [0.2, 0.25) is 0 Å². The Labute approximate surface area is 63.6 Å². The molecule has 0 aromatic carbocycles. The van der Waals surface area contributed by atoms with E-state index in [0.717, 1.165) is 4.90 Å². The van der Waals surface area contributed by atoms with Crippen LogP contribution in [-0.4, -0.2) is 42.4 Å². The van der Waals surface area contributed by atoms with Crippen LogP contribution in [0.3, 0.4) is 0 Å². The van der Waals surface area contributed by atoms with E-state index in [9.17, 15) is 8.78 Å². The van der Waals surface area contributed by atoms with Crippen LogP contribution >= 0.6 is 0 Å². The number of ether oxygens (including phenoxy) is 1. The summed E-state index contributed by atoms with van der Waals surface area (Å²) in [4.78, 5) is 0.872. The molecule has 0 aromatic rings. The average molecular weight is 166 g/mol. The molecule has 0 bridgehead atoms. The minimum absolute atomic E-state index is 0.0850. The fourth-order valence-electron chi connectivity index (χ4n) is 0.943. The van der Waals surface area contributed by atoms with Crippen molar-refractivity contribution in [1.29, 1.82) is 0 Å². The van der Waals surface area contributed by atoms with Crippen LogP contribution in [0.15, 0.2) is 0 Å². The molecule has 1 heterocycles. The first-order chi connectivity index (χ1) is 5.17. The molecule has 0 atom stereocenters. The monoisotopic (exact) mass is 166 g/mol. The second-order valence-electron chi connectivity index (χ2n) is 2.32. The van der Waals surface area contributed by atoms with Crippen molar-refractivity contribution in [2.75, 3.05) is 26.3 Å². The highest BCUT2D eigenvalue weighted by Crippen LogP contribution is 2.22. The molecule has 0 aromatic heterocycles. The molecule has 1 N–H and O–H groups in total. The largest absolute Gasteiger partial charge is 0.382 e. The standard InChI is InChI=1S/C6H10F2NO2/c7-6(8,5-10)9-1-3-11-4-2-9/h5,10H,1-4H2. The summed E-state index contributed by atoms with van der Waals surface area (Å²) in [6.45, 7) is 0.819. The molecule has 1 aliphatic rings. The Morgan fingerprint density at radius 3 is 2.36 bits per heavy atom. The van der Waals surface area contributed by atoms with Crippen LogP contribution in [-0.2, 0) is 4.74 Å². The van der Waals surface area contributed by atoms with Crippen molar-refractivity contribution in [3.05, 3.63) is 6.61 Å². The Balaban J connectivity index is 2.43. The molecule has 1 saturated heterocycles.